The SMILES string of the molecule is CCn1c(C(C)NS(=O)(=O)c2cc(F)cc(Cl)c2C)cnc1Oc1ccc(C)cc1. The Morgan fingerprint density at radius 3 is 2.53 bits per heavy atom. The quantitative estimate of drug-likeness (QED) is 0.539. The van der Waals surface area contributed by atoms with Crippen LogP contribution in [0.15, 0.2) is 47.5 Å². The van der Waals surface area contributed by atoms with E-state index in [1.54, 1.807) is 17.7 Å². The van der Waals surface area contributed by atoms with E-state index in [-0.39, 0.29) is 15.5 Å². The number of aromatic nitrogens is 2. The van der Waals surface area contributed by atoms with Crippen molar-refractivity contribution in [1.82, 2.24) is 14.3 Å². The van der Waals surface area contributed by atoms with Crippen molar-refractivity contribution in [2.24, 2.45) is 0 Å². The Hall–Kier alpha value is -2.42. The first-order valence-corrected chi connectivity index (χ1v) is 11.3. The van der Waals surface area contributed by atoms with Crippen molar-refractivity contribution >= 4 is 21.6 Å². The normalized spacial score (nSPS) is 12.7. The number of rotatable bonds is 7. The molecule has 2 aromatic carbocycles. The molecular weight excluding hydrogens is 429 g/mol. The van der Waals surface area contributed by atoms with Crippen molar-refractivity contribution < 1.29 is 17.5 Å². The van der Waals surface area contributed by atoms with E-state index >= 15 is 0 Å². The average molecular weight is 452 g/mol. The summed E-state index contributed by atoms with van der Waals surface area (Å²) in [7, 11) is -4.02. The standard InChI is InChI=1S/C21H23ClFN3O3S/c1-5-26-19(12-24-21(26)29-17-8-6-13(2)7-9-17)15(4)25-30(27,28)20-11-16(23)10-18(22)14(20)3/h6-12,15,25H,5H2,1-4H3. The van der Waals surface area contributed by atoms with Crippen LogP contribution in [-0.2, 0) is 16.6 Å². The lowest BCUT2D eigenvalue weighted by atomic mass is 10.2. The first-order valence-electron chi connectivity index (χ1n) is 9.40. The van der Waals surface area contributed by atoms with Crippen LogP contribution >= 0.6 is 11.6 Å². The number of nitrogens with zero attached hydrogens (tertiary/aromatic N) is 2. The molecule has 6 nitrogen and oxygen atoms in total. The van der Waals surface area contributed by atoms with E-state index in [1.165, 1.54) is 6.92 Å². The highest BCUT2D eigenvalue weighted by Gasteiger charge is 2.25. The van der Waals surface area contributed by atoms with Gasteiger partial charge in [0.1, 0.15) is 11.6 Å². The summed E-state index contributed by atoms with van der Waals surface area (Å²) in [5.74, 6) is -0.0864. The third-order valence-corrected chi connectivity index (χ3v) is 6.78. The summed E-state index contributed by atoms with van der Waals surface area (Å²) in [6.45, 7) is 7.63. The zero-order valence-electron chi connectivity index (χ0n) is 17.1. The van der Waals surface area contributed by atoms with E-state index in [0.717, 1.165) is 17.7 Å². The second-order valence-electron chi connectivity index (χ2n) is 6.98. The van der Waals surface area contributed by atoms with Crippen LogP contribution in [0.1, 0.15) is 36.7 Å². The molecule has 0 fully saturated rings. The highest BCUT2D eigenvalue weighted by Crippen LogP contribution is 2.28. The number of ether oxygens (including phenoxy) is 1. The van der Waals surface area contributed by atoms with Crippen LogP contribution in [-0.4, -0.2) is 18.0 Å². The van der Waals surface area contributed by atoms with E-state index < -0.39 is 21.9 Å². The Balaban J connectivity index is 1.87. The molecule has 0 aliphatic rings. The molecule has 1 aromatic heterocycles. The molecule has 160 valence electrons. The zero-order chi connectivity index (χ0) is 22.1. The summed E-state index contributed by atoms with van der Waals surface area (Å²) in [6.07, 6.45) is 1.56. The molecule has 0 aliphatic carbocycles. The molecule has 0 aliphatic heterocycles. The van der Waals surface area contributed by atoms with Gasteiger partial charge in [0.15, 0.2) is 0 Å². The smallest absolute Gasteiger partial charge is 0.302 e. The third-order valence-electron chi connectivity index (χ3n) is 4.72. The molecule has 1 N–H and O–H groups in total. The largest absolute Gasteiger partial charge is 0.426 e. The lowest BCUT2D eigenvalue weighted by Gasteiger charge is -2.18. The maximum Gasteiger partial charge on any atom is 0.302 e. The Bertz CT molecular complexity index is 1160. The number of hydrogen-bond donors (Lipinski definition) is 1. The monoisotopic (exact) mass is 451 g/mol. The minimum atomic E-state index is -4.02. The predicted octanol–water partition coefficient (Wildman–Crippen LogP) is 5.14. The van der Waals surface area contributed by atoms with E-state index in [4.69, 9.17) is 16.3 Å². The molecular formula is C21H23ClFN3O3S. The van der Waals surface area contributed by atoms with E-state index in [1.807, 2.05) is 38.1 Å². The van der Waals surface area contributed by atoms with E-state index in [0.29, 0.717) is 24.0 Å². The Kier molecular flexibility index (Phi) is 6.50. The second-order valence-corrected chi connectivity index (χ2v) is 9.07. The molecule has 1 unspecified atom stereocenters. The number of nitrogens with one attached hydrogen (secondary N) is 1. The molecule has 0 amide bonds. The van der Waals surface area contributed by atoms with Crippen molar-refractivity contribution in [3.63, 3.8) is 0 Å². The molecule has 1 heterocycles. The topological polar surface area (TPSA) is 73.2 Å². The lowest BCUT2D eigenvalue weighted by Crippen LogP contribution is -2.29. The number of halogens is 2. The Morgan fingerprint density at radius 2 is 1.90 bits per heavy atom. The molecule has 0 bridgehead atoms. The summed E-state index contributed by atoms with van der Waals surface area (Å²) in [4.78, 5) is 4.10. The van der Waals surface area contributed by atoms with Gasteiger partial charge in [0, 0.05) is 11.6 Å². The number of benzene rings is 2. The van der Waals surface area contributed by atoms with Gasteiger partial charge in [-0.05, 0) is 57.5 Å². The fourth-order valence-electron chi connectivity index (χ4n) is 3.09. The van der Waals surface area contributed by atoms with Gasteiger partial charge >= 0.3 is 6.01 Å². The van der Waals surface area contributed by atoms with Crippen LogP contribution in [0.4, 0.5) is 4.39 Å². The van der Waals surface area contributed by atoms with Gasteiger partial charge < -0.3 is 4.74 Å². The van der Waals surface area contributed by atoms with Crippen LogP contribution < -0.4 is 9.46 Å². The summed E-state index contributed by atoms with van der Waals surface area (Å²) >= 11 is 5.95. The summed E-state index contributed by atoms with van der Waals surface area (Å²) in [6, 6.07) is 9.29. The second kappa shape index (κ2) is 8.75. The number of imidazole rings is 1. The molecule has 9 heteroatoms. The molecule has 3 rings (SSSR count). The fraction of sp³-hybridized carbons (Fsp3) is 0.286. The highest BCUT2D eigenvalue weighted by atomic mass is 35.5. The van der Waals surface area contributed by atoms with Gasteiger partial charge in [-0.2, -0.15) is 0 Å². The lowest BCUT2D eigenvalue weighted by molar-refractivity contribution is 0.408. The maximum absolute atomic E-state index is 13.7. The van der Waals surface area contributed by atoms with Crippen molar-refractivity contribution in [2.75, 3.05) is 0 Å². The molecule has 1 atom stereocenters. The number of hydrogen-bond acceptors (Lipinski definition) is 4. The summed E-state index contributed by atoms with van der Waals surface area (Å²) < 4.78 is 49.7. The van der Waals surface area contributed by atoms with Gasteiger partial charge in [0.25, 0.3) is 0 Å². The van der Waals surface area contributed by atoms with Gasteiger partial charge in [-0.15, -0.1) is 0 Å². The minimum Gasteiger partial charge on any atom is -0.426 e. The van der Waals surface area contributed by atoms with Crippen LogP contribution in [0.3, 0.4) is 0 Å². The van der Waals surface area contributed by atoms with Crippen LogP contribution in [0.5, 0.6) is 11.8 Å². The predicted molar refractivity (Wildman–Crippen MR) is 114 cm³/mol. The first-order chi connectivity index (χ1) is 14.1. The first kappa shape index (κ1) is 22.3. The van der Waals surface area contributed by atoms with Crippen LogP contribution in [0, 0.1) is 19.7 Å². The van der Waals surface area contributed by atoms with Crippen LogP contribution in [0.25, 0.3) is 0 Å². The zero-order valence-corrected chi connectivity index (χ0v) is 18.7. The molecule has 0 radical (unpaired) electrons. The minimum absolute atomic E-state index is 0.0513. The molecule has 3 aromatic rings. The van der Waals surface area contributed by atoms with Crippen molar-refractivity contribution in [2.45, 2.75) is 45.2 Å². The molecule has 0 spiro atoms. The maximum atomic E-state index is 13.7. The van der Waals surface area contributed by atoms with Crippen LogP contribution in [0.2, 0.25) is 5.02 Å². The highest BCUT2D eigenvalue weighted by molar-refractivity contribution is 7.89. The van der Waals surface area contributed by atoms with Crippen molar-refractivity contribution in [1.29, 1.82) is 0 Å². The van der Waals surface area contributed by atoms with Crippen molar-refractivity contribution in [3.8, 4) is 11.8 Å². The number of sulfonamides is 1. The average Bonchev–Trinajstić information content (AvgIpc) is 3.08. The molecule has 0 saturated carbocycles. The Morgan fingerprint density at radius 1 is 1.23 bits per heavy atom. The van der Waals surface area contributed by atoms with E-state index in [9.17, 15) is 12.8 Å². The fourth-order valence-corrected chi connectivity index (χ4v) is 4.84. The summed E-state index contributed by atoms with van der Waals surface area (Å²) in [5, 5.41) is 0.0513. The molecule has 30 heavy (non-hydrogen) atoms. The van der Waals surface area contributed by atoms with E-state index in [2.05, 4.69) is 9.71 Å². The van der Waals surface area contributed by atoms with Gasteiger partial charge in [0.2, 0.25) is 10.0 Å². The Labute approximate surface area is 180 Å². The summed E-state index contributed by atoms with van der Waals surface area (Å²) in [5.41, 5.74) is 2.01. The van der Waals surface area contributed by atoms with Gasteiger partial charge in [-0.25, -0.2) is 22.5 Å². The number of aryl methyl sites for hydroxylation is 1. The van der Waals surface area contributed by atoms with Gasteiger partial charge in [-0.3, -0.25) is 4.57 Å². The van der Waals surface area contributed by atoms with Crippen molar-refractivity contribution in [3.05, 3.63) is 70.3 Å². The third kappa shape index (κ3) is 4.66. The molecule has 0 saturated heterocycles. The van der Waals surface area contributed by atoms with Gasteiger partial charge in [-0.1, -0.05) is 29.3 Å². The van der Waals surface area contributed by atoms with Gasteiger partial charge in [0.05, 0.1) is 22.8 Å².